The van der Waals surface area contributed by atoms with Gasteiger partial charge in [-0.05, 0) is 5.56 Å². The van der Waals surface area contributed by atoms with Gasteiger partial charge in [0.1, 0.15) is 0 Å². The minimum Gasteiger partial charge on any atom is -0.333 e. The Kier molecular flexibility index (Phi) is 5.30. The topological polar surface area (TPSA) is 62.3 Å². The van der Waals surface area contributed by atoms with E-state index in [0.717, 1.165) is 22.8 Å². The van der Waals surface area contributed by atoms with Crippen molar-refractivity contribution in [1.29, 1.82) is 0 Å². The number of carbonyl (C=O) groups excluding carboxylic acids is 2. The Morgan fingerprint density at radius 1 is 1.17 bits per heavy atom. The number of thiazole rings is 1. The Balaban J connectivity index is 1.57. The van der Waals surface area contributed by atoms with Crippen molar-refractivity contribution in [3.8, 4) is 0 Å². The van der Waals surface area contributed by atoms with Gasteiger partial charge in [-0.25, -0.2) is 4.98 Å². The Bertz CT molecular complexity index is 682. The standard InChI is InChI=1S/C16H17N3O2S2/c20-14(15(21)19-6-8-22-9-7-19)18-16-17-11-13(23-16)10-12-4-2-1-3-5-12/h1-5,11H,6-10H2,(H,17,18,20). The predicted molar refractivity (Wildman–Crippen MR) is 93.9 cm³/mol. The molecule has 1 aromatic carbocycles. The summed E-state index contributed by atoms with van der Waals surface area (Å²) in [7, 11) is 0. The lowest BCUT2D eigenvalue weighted by Crippen LogP contribution is -2.44. The normalized spacial score (nSPS) is 14.5. The number of amides is 2. The first-order chi connectivity index (χ1) is 11.2. The summed E-state index contributed by atoms with van der Waals surface area (Å²) in [5, 5.41) is 3.09. The molecule has 0 bridgehead atoms. The Labute approximate surface area is 143 Å². The third-order valence-electron chi connectivity index (χ3n) is 3.49. The molecular weight excluding hydrogens is 330 g/mol. The number of thioether (sulfide) groups is 1. The lowest BCUT2D eigenvalue weighted by atomic mass is 10.1. The van der Waals surface area contributed by atoms with E-state index in [1.807, 2.05) is 18.2 Å². The van der Waals surface area contributed by atoms with E-state index in [-0.39, 0.29) is 0 Å². The number of rotatable bonds is 3. The van der Waals surface area contributed by atoms with Gasteiger partial charge in [-0.2, -0.15) is 11.8 Å². The van der Waals surface area contributed by atoms with E-state index in [0.29, 0.717) is 18.2 Å². The molecule has 0 saturated carbocycles. The van der Waals surface area contributed by atoms with E-state index >= 15 is 0 Å². The molecule has 2 aromatic rings. The van der Waals surface area contributed by atoms with E-state index in [4.69, 9.17) is 0 Å². The van der Waals surface area contributed by atoms with Gasteiger partial charge in [0.05, 0.1) is 0 Å². The average Bonchev–Trinajstić information content (AvgIpc) is 3.02. The van der Waals surface area contributed by atoms with E-state index in [2.05, 4.69) is 22.4 Å². The highest BCUT2D eigenvalue weighted by molar-refractivity contribution is 7.99. The second kappa shape index (κ2) is 7.61. The van der Waals surface area contributed by atoms with Crippen molar-refractivity contribution in [2.75, 3.05) is 29.9 Å². The second-order valence-electron chi connectivity index (χ2n) is 5.15. The van der Waals surface area contributed by atoms with Crippen molar-refractivity contribution in [2.24, 2.45) is 0 Å². The van der Waals surface area contributed by atoms with Crippen molar-refractivity contribution in [3.05, 3.63) is 47.0 Å². The summed E-state index contributed by atoms with van der Waals surface area (Å²) in [4.78, 5) is 31.0. The fourth-order valence-corrected chi connectivity index (χ4v) is 4.05. The van der Waals surface area contributed by atoms with Crippen LogP contribution in [-0.4, -0.2) is 46.3 Å². The van der Waals surface area contributed by atoms with Gasteiger partial charge in [0.15, 0.2) is 5.13 Å². The maximum absolute atomic E-state index is 12.1. The SMILES string of the molecule is O=C(Nc1ncc(Cc2ccccc2)s1)C(=O)N1CCSCC1. The second-order valence-corrected chi connectivity index (χ2v) is 7.49. The monoisotopic (exact) mass is 347 g/mol. The molecule has 0 unspecified atom stereocenters. The van der Waals surface area contributed by atoms with Crippen LogP contribution in [0.4, 0.5) is 5.13 Å². The first-order valence-corrected chi connectivity index (χ1v) is 9.36. The molecule has 1 fully saturated rings. The number of hydrogen-bond acceptors (Lipinski definition) is 5. The highest BCUT2D eigenvalue weighted by atomic mass is 32.2. The maximum Gasteiger partial charge on any atom is 0.315 e. The van der Waals surface area contributed by atoms with Crippen LogP contribution in [-0.2, 0) is 16.0 Å². The molecule has 7 heteroatoms. The van der Waals surface area contributed by atoms with E-state index in [1.54, 1.807) is 22.9 Å². The van der Waals surface area contributed by atoms with E-state index < -0.39 is 11.8 Å². The third-order valence-corrected chi connectivity index (χ3v) is 5.34. The quantitative estimate of drug-likeness (QED) is 0.865. The Hall–Kier alpha value is -1.86. The number of nitrogens with zero attached hydrogens (tertiary/aromatic N) is 2. The summed E-state index contributed by atoms with van der Waals surface area (Å²) in [5.74, 6) is 0.706. The van der Waals surface area contributed by atoms with E-state index in [9.17, 15) is 9.59 Å². The van der Waals surface area contributed by atoms with Crippen molar-refractivity contribution < 1.29 is 9.59 Å². The predicted octanol–water partition coefficient (Wildman–Crippen LogP) is 2.25. The van der Waals surface area contributed by atoms with Crippen LogP contribution in [0.3, 0.4) is 0 Å². The van der Waals surface area contributed by atoms with Gasteiger partial charge in [-0.3, -0.25) is 14.9 Å². The van der Waals surface area contributed by atoms with Gasteiger partial charge in [0.25, 0.3) is 0 Å². The van der Waals surface area contributed by atoms with Crippen molar-refractivity contribution in [3.63, 3.8) is 0 Å². The van der Waals surface area contributed by atoms with Crippen LogP contribution in [0.1, 0.15) is 10.4 Å². The summed E-state index contributed by atoms with van der Waals surface area (Å²) < 4.78 is 0. The molecule has 5 nitrogen and oxygen atoms in total. The summed E-state index contributed by atoms with van der Waals surface area (Å²) in [5.41, 5.74) is 1.19. The molecule has 1 N–H and O–H groups in total. The van der Waals surface area contributed by atoms with Crippen LogP contribution in [0.5, 0.6) is 0 Å². The fraction of sp³-hybridized carbons (Fsp3) is 0.312. The third kappa shape index (κ3) is 4.33. The zero-order valence-corrected chi connectivity index (χ0v) is 14.2. The number of nitrogens with one attached hydrogen (secondary N) is 1. The average molecular weight is 347 g/mol. The number of anilines is 1. The zero-order valence-electron chi connectivity index (χ0n) is 12.5. The van der Waals surface area contributed by atoms with Crippen LogP contribution in [0.2, 0.25) is 0 Å². The van der Waals surface area contributed by atoms with E-state index in [1.165, 1.54) is 16.9 Å². The number of aromatic nitrogens is 1. The highest BCUT2D eigenvalue weighted by Gasteiger charge is 2.24. The summed E-state index contributed by atoms with van der Waals surface area (Å²) in [6, 6.07) is 10.1. The molecule has 23 heavy (non-hydrogen) atoms. The smallest absolute Gasteiger partial charge is 0.315 e. The molecule has 0 radical (unpaired) electrons. The van der Waals surface area contributed by atoms with Crippen molar-refractivity contribution >= 4 is 40.0 Å². The molecule has 2 amide bonds. The van der Waals surface area contributed by atoms with Gasteiger partial charge in [0.2, 0.25) is 0 Å². The van der Waals surface area contributed by atoms with Gasteiger partial charge in [-0.1, -0.05) is 30.3 Å². The van der Waals surface area contributed by atoms with Crippen molar-refractivity contribution in [1.82, 2.24) is 9.88 Å². The van der Waals surface area contributed by atoms with Crippen LogP contribution in [0.25, 0.3) is 0 Å². The summed E-state index contributed by atoms with van der Waals surface area (Å²) in [6.45, 7) is 1.27. The highest BCUT2D eigenvalue weighted by Crippen LogP contribution is 2.21. The molecule has 0 aliphatic carbocycles. The molecule has 0 spiro atoms. The lowest BCUT2D eigenvalue weighted by molar-refractivity contribution is -0.142. The van der Waals surface area contributed by atoms with Crippen LogP contribution in [0, 0.1) is 0 Å². The van der Waals surface area contributed by atoms with Gasteiger partial charge in [-0.15, -0.1) is 11.3 Å². The lowest BCUT2D eigenvalue weighted by Gasteiger charge is -2.25. The molecular formula is C16H17N3O2S2. The first kappa shape index (κ1) is 16.0. The van der Waals surface area contributed by atoms with Gasteiger partial charge < -0.3 is 4.90 Å². The van der Waals surface area contributed by atoms with Crippen molar-refractivity contribution in [2.45, 2.75) is 6.42 Å². The van der Waals surface area contributed by atoms with Gasteiger partial charge in [0, 0.05) is 42.1 Å². The van der Waals surface area contributed by atoms with Crippen LogP contribution < -0.4 is 5.32 Å². The molecule has 1 aliphatic heterocycles. The maximum atomic E-state index is 12.1. The molecule has 1 aromatic heterocycles. The molecule has 3 rings (SSSR count). The Morgan fingerprint density at radius 3 is 2.65 bits per heavy atom. The number of hydrogen-bond donors (Lipinski definition) is 1. The summed E-state index contributed by atoms with van der Waals surface area (Å²) >= 11 is 3.20. The van der Waals surface area contributed by atoms with Crippen LogP contribution in [0.15, 0.2) is 36.5 Å². The Morgan fingerprint density at radius 2 is 1.91 bits per heavy atom. The number of benzene rings is 1. The zero-order chi connectivity index (χ0) is 16.1. The largest absolute Gasteiger partial charge is 0.333 e. The molecule has 1 saturated heterocycles. The molecule has 120 valence electrons. The van der Waals surface area contributed by atoms with Crippen LogP contribution >= 0.6 is 23.1 Å². The molecule has 2 heterocycles. The first-order valence-electron chi connectivity index (χ1n) is 7.39. The number of carbonyl (C=O) groups is 2. The van der Waals surface area contributed by atoms with Gasteiger partial charge >= 0.3 is 11.8 Å². The minimum atomic E-state index is -0.600. The molecule has 1 aliphatic rings. The minimum absolute atomic E-state index is 0.467. The summed E-state index contributed by atoms with van der Waals surface area (Å²) in [6.07, 6.45) is 2.51. The fourth-order valence-electron chi connectivity index (χ4n) is 2.30. The molecule has 0 atom stereocenters.